The quantitative estimate of drug-likeness (QED) is 0.274. The summed E-state index contributed by atoms with van der Waals surface area (Å²) in [5.74, 6) is 1.28. The zero-order valence-electron chi connectivity index (χ0n) is 18.8. The summed E-state index contributed by atoms with van der Waals surface area (Å²) >= 11 is 1.20. The van der Waals surface area contributed by atoms with Gasteiger partial charge in [-0.2, -0.15) is 0 Å². The third-order valence-electron chi connectivity index (χ3n) is 5.60. The van der Waals surface area contributed by atoms with Crippen LogP contribution in [-0.4, -0.2) is 29.0 Å². The van der Waals surface area contributed by atoms with E-state index in [9.17, 15) is 4.79 Å². The van der Waals surface area contributed by atoms with Crippen LogP contribution >= 0.6 is 11.8 Å². The Morgan fingerprint density at radius 2 is 1.79 bits per heavy atom. The molecular formula is C26H23N3O4S. The Bertz CT molecular complexity index is 1440. The Morgan fingerprint density at radius 3 is 2.62 bits per heavy atom. The maximum absolute atomic E-state index is 12.6. The van der Waals surface area contributed by atoms with Gasteiger partial charge in [0.1, 0.15) is 16.9 Å². The van der Waals surface area contributed by atoms with Gasteiger partial charge >= 0.3 is 0 Å². The minimum atomic E-state index is -0.212. The molecule has 0 spiro atoms. The minimum absolute atomic E-state index is 0.122. The maximum atomic E-state index is 12.6. The highest BCUT2D eigenvalue weighted by molar-refractivity contribution is 7.99. The first-order valence-corrected chi connectivity index (χ1v) is 11.9. The highest BCUT2D eigenvalue weighted by Gasteiger charge is 2.16. The normalized spacial score (nSPS) is 12.2. The summed E-state index contributed by atoms with van der Waals surface area (Å²) in [7, 11) is 1.57. The fourth-order valence-corrected chi connectivity index (χ4v) is 4.45. The summed E-state index contributed by atoms with van der Waals surface area (Å²) < 4.78 is 17.2. The van der Waals surface area contributed by atoms with Gasteiger partial charge in [0.25, 0.3) is 5.22 Å². The fourth-order valence-electron chi connectivity index (χ4n) is 3.87. The van der Waals surface area contributed by atoms with Gasteiger partial charge < -0.3 is 18.9 Å². The lowest BCUT2D eigenvalue weighted by molar-refractivity contribution is -0.113. The van der Waals surface area contributed by atoms with E-state index in [1.165, 1.54) is 17.3 Å². The summed E-state index contributed by atoms with van der Waals surface area (Å²) in [4.78, 5) is 12.6. The number of carbonyl (C=O) groups excluding carboxylic acids is 1. The standard InChI is InChI=1S/C26H23N3O4S/c1-16(17-8-4-3-5-9-17)12-25-28-29-26(33-25)34-15-24(30)27-20-14-22-19(13-23(20)31-2)18-10-6-7-11-21(18)32-22/h3-11,13-14,16H,12,15H2,1-2H3,(H,27,30). The average Bonchev–Trinajstić information content (AvgIpc) is 3.46. The van der Waals surface area contributed by atoms with E-state index in [0.29, 0.717) is 34.6 Å². The van der Waals surface area contributed by atoms with Crippen molar-refractivity contribution in [2.75, 3.05) is 18.2 Å². The van der Waals surface area contributed by atoms with Crippen LogP contribution in [0.1, 0.15) is 24.3 Å². The van der Waals surface area contributed by atoms with Gasteiger partial charge in [-0.3, -0.25) is 4.79 Å². The number of aromatic nitrogens is 2. The molecule has 0 aliphatic rings. The molecule has 8 heteroatoms. The highest BCUT2D eigenvalue weighted by atomic mass is 32.2. The third kappa shape index (κ3) is 4.63. The molecule has 1 N–H and O–H groups in total. The van der Waals surface area contributed by atoms with Crippen molar-refractivity contribution in [3.8, 4) is 5.75 Å². The number of thioether (sulfide) groups is 1. The topological polar surface area (TPSA) is 90.4 Å². The molecule has 1 amide bonds. The number of carbonyl (C=O) groups is 1. The van der Waals surface area contributed by atoms with E-state index in [1.54, 1.807) is 13.2 Å². The molecule has 1 atom stereocenters. The number of hydrogen-bond donors (Lipinski definition) is 1. The first-order chi connectivity index (χ1) is 16.6. The Hall–Kier alpha value is -3.78. The Balaban J connectivity index is 1.23. The number of rotatable bonds is 8. The number of methoxy groups -OCH3 is 1. The van der Waals surface area contributed by atoms with E-state index in [-0.39, 0.29) is 17.6 Å². The zero-order valence-corrected chi connectivity index (χ0v) is 19.6. The SMILES string of the molecule is COc1cc2c(cc1NC(=O)CSc1nnc(CC(C)c3ccccc3)o1)oc1ccccc12. The number of anilines is 1. The second-order valence-electron chi connectivity index (χ2n) is 7.96. The molecule has 0 fully saturated rings. The summed E-state index contributed by atoms with van der Waals surface area (Å²) in [5, 5.41) is 13.4. The smallest absolute Gasteiger partial charge is 0.277 e. The summed E-state index contributed by atoms with van der Waals surface area (Å²) in [6.45, 7) is 2.12. The van der Waals surface area contributed by atoms with Crippen molar-refractivity contribution in [3.63, 3.8) is 0 Å². The van der Waals surface area contributed by atoms with E-state index in [4.69, 9.17) is 13.6 Å². The van der Waals surface area contributed by atoms with Gasteiger partial charge in [0.2, 0.25) is 11.8 Å². The first-order valence-electron chi connectivity index (χ1n) is 10.9. The van der Waals surface area contributed by atoms with Crippen LogP contribution in [0.5, 0.6) is 5.75 Å². The second-order valence-corrected chi connectivity index (χ2v) is 8.89. The molecule has 0 saturated heterocycles. The predicted molar refractivity (Wildman–Crippen MR) is 132 cm³/mol. The summed E-state index contributed by atoms with van der Waals surface area (Å²) in [6.07, 6.45) is 0.637. The minimum Gasteiger partial charge on any atom is -0.495 e. The van der Waals surface area contributed by atoms with Gasteiger partial charge in [0.15, 0.2) is 0 Å². The van der Waals surface area contributed by atoms with Gasteiger partial charge in [-0.15, -0.1) is 10.2 Å². The summed E-state index contributed by atoms with van der Waals surface area (Å²) in [6, 6.07) is 21.6. The van der Waals surface area contributed by atoms with Crippen molar-refractivity contribution in [2.45, 2.75) is 24.5 Å². The van der Waals surface area contributed by atoms with Crippen LogP contribution in [-0.2, 0) is 11.2 Å². The van der Waals surface area contributed by atoms with Crippen molar-refractivity contribution >= 4 is 45.3 Å². The van der Waals surface area contributed by atoms with Gasteiger partial charge in [0.05, 0.1) is 18.6 Å². The molecule has 5 rings (SSSR count). The molecule has 0 saturated carbocycles. The zero-order chi connectivity index (χ0) is 23.5. The molecule has 172 valence electrons. The Kier molecular flexibility index (Phi) is 6.22. The molecular weight excluding hydrogens is 450 g/mol. The van der Waals surface area contributed by atoms with E-state index >= 15 is 0 Å². The van der Waals surface area contributed by atoms with Crippen LogP contribution in [0.3, 0.4) is 0 Å². The van der Waals surface area contributed by atoms with E-state index in [2.05, 4.69) is 34.6 Å². The molecule has 7 nitrogen and oxygen atoms in total. The molecule has 2 aromatic heterocycles. The molecule has 5 aromatic rings. The molecule has 0 aliphatic carbocycles. The van der Waals surface area contributed by atoms with Crippen LogP contribution < -0.4 is 10.1 Å². The van der Waals surface area contributed by atoms with Crippen LogP contribution in [0.4, 0.5) is 5.69 Å². The molecule has 0 radical (unpaired) electrons. The second kappa shape index (κ2) is 9.61. The van der Waals surface area contributed by atoms with Crippen molar-refractivity contribution < 1.29 is 18.4 Å². The van der Waals surface area contributed by atoms with Crippen LogP contribution in [0.15, 0.2) is 80.8 Å². The lowest BCUT2D eigenvalue weighted by Gasteiger charge is -2.10. The van der Waals surface area contributed by atoms with Gasteiger partial charge in [-0.1, -0.05) is 67.2 Å². The van der Waals surface area contributed by atoms with E-state index < -0.39 is 0 Å². The number of nitrogens with one attached hydrogen (secondary N) is 1. The average molecular weight is 474 g/mol. The molecule has 1 unspecified atom stereocenters. The number of para-hydroxylation sites is 1. The van der Waals surface area contributed by atoms with Crippen molar-refractivity contribution in [1.82, 2.24) is 10.2 Å². The monoisotopic (exact) mass is 473 g/mol. The molecule has 2 heterocycles. The number of hydrogen-bond acceptors (Lipinski definition) is 7. The maximum Gasteiger partial charge on any atom is 0.277 e. The predicted octanol–water partition coefficient (Wildman–Crippen LogP) is 6.05. The van der Waals surface area contributed by atoms with E-state index in [0.717, 1.165) is 16.4 Å². The number of furan rings is 1. The van der Waals surface area contributed by atoms with Gasteiger partial charge in [-0.25, -0.2) is 0 Å². The number of benzene rings is 3. The Morgan fingerprint density at radius 1 is 1.00 bits per heavy atom. The number of amides is 1. The molecule has 0 aliphatic heterocycles. The van der Waals surface area contributed by atoms with Crippen molar-refractivity contribution in [2.24, 2.45) is 0 Å². The third-order valence-corrected chi connectivity index (χ3v) is 6.42. The number of fused-ring (bicyclic) bond motifs is 3. The van der Waals surface area contributed by atoms with Gasteiger partial charge in [-0.05, 0) is 23.6 Å². The largest absolute Gasteiger partial charge is 0.495 e. The highest BCUT2D eigenvalue weighted by Crippen LogP contribution is 2.36. The summed E-state index contributed by atoms with van der Waals surface area (Å²) in [5.41, 5.74) is 3.22. The van der Waals surface area contributed by atoms with Crippen molar-refractivity contribution in [1.29, 1.82) is 0 Å². The molecule has 34 heavy (non-hydrogen) atoms. The molecule has 3 aromatic carbocycles. The van der Waals surface area contributed by atoms with Crippen LogP contribution in [0, 0.1) is 0 Å². The number of nitrogens with zero attached hydrogens (tertiary/aromatic N) is 2. The lowest BCUT2D eigenvalue weighted by atomic mass is 9.98. The van der Waals surface area contributed by atoms with E-state index in [1.807, 2.05) is 48.5 Å². The fraction of sp³-hybridized carbons (Fsp3) is 0.192. The van der Waals surface area contributed by atoms with Crippen molar-refractivity contribution in [3.05, 3.63) is 78.2 Å². The van der Waals surface area contributed by atoms with Crippen LogP contribution in [0.2, 0.25) is 0 Å². The van der Waals surface area contributed by atoms with Gasteiger partial charge in [0, 0.05) is 23.3 Å². The first kappa shape index (κ1) is 22.0. The number of ether oxygens (including phenoxy) is 1. The Labute approximate surface area is 200 Å². The lowest BCUT2D eigenvalue weighted by Crippen LogP contribution is -2.14. The molecule has 0 bridgehead atoms. The van der Waals surface area contributed by atoms with Crippen LogP contribution in [0.25, 0.3) is 21.9 Å².